The van der Waals surface area contributed by atoms with Crippen LogP contribution in [0.25, 0.3) is 92.1 Å². The molecule has 0 radical (unpaired) electrons. The summed E-state index contributed by atoms with van der Waals surface area (Å²) in [6.45, 7) is 1.81. The van der Waals surface area contributed by atoms with E-state index in [1.54, 1.807) is 208 Å². The molecular weight excluding hydrogens is 2020 g/mol. The topological polar surface area (TPSA) is 317 Å². The third-order valence-electron chi connectivity index (χ3n) is 18.6. The van der Waals surface area contributed by atoms with E-state index >= 15 is 0 Å². The van der Waals surface area contributed by atoms with Gasteiger partial charge in [-0.05, 0) is 286 Å². The number of carbonyl (C=O) groups excluding carboxylic acids is 7. The van der Waals surface area contributed by atoms with E-state index in [0.29, 0.717) is 50.9 Å². The van der Waals surface area contributed by atoms with E-state index in [0.717, 1.165) is 111 Å². The minimum atomic E-state index is -0.143. The van der Waals surface area contributed by atoms with Gasteiger partial charge in [-0.25, -0.2) is 24.9 Å². The number of allylic oxidation sites excluding steroid dienone is 4. The summed E-state index contributed by atoms with van der Waals surface area (Å²) in [5, 5.41) is 0. The van der Waals surface area contributed by atoms with Crippen molar-refractivity contribution < 1.29 is 124 Å². The Balaban J connectivity index is 0.000000195. The Bertz CT molecular complexity index is 6350. The van der Waals surface area contributed by atoms with Crippen LogP contribution >= 0.6 is 47.8 Å². The van der Waals surface area contributed by atoms with Crippen LogP contribution in [0.4, 0.5) is 0 Å². The van der Waals surface area contributed by atoms with Crippen molar-refractivity contribution in [2.24, 2.45) is 0 Å². The number of ether oxygens (including phenoxy) is 1. The molecule has 0 aliphatic rings. The second-order valence-electron chi connectivity index (χ2n) is 27.9. The van der Waals surface area contributed by atoms with E-state index in [4.69, 9.17) is 14.7 Å². The molecule has 0 saturated heterocycles. The zero-order valence-electron chi connectivity index (χ0n) is 72.2. The van der Waals surface area contributed by atoms with Crippen LogP contribution < -0.4 is 84.7 Å². The molecule has 0 amide bonds. The van der Waals surface area contributed by atoms with Gasteiger partial charge in [-0.3, -0.25) is 68.4 Å². The van der Waals surface area contributed by atoms with Crippen LogP contribution in [0.15, 0.2) is 415 Å². The van der Waals surface area contributed by atoms with Crippen LogP contribution in [-0.2, 0) is 6.54 Å². The minimum Gasteiger partial charge on any atom is -1.00 e. The molecule has 0 aliphatic carbocycles. The van der Waals surface area contributed by atoms with Gasteiger partial charge in [0, 0.05) is 68.0 Å². The predicted octanol–water partition coefficient (Wildman–Crippen LogP) is 16.8. The average molecular weight is 2100 g/mol. The summed E-state index contributed by atoms with van der Waals surface area (Å²) >= 11 is 10.2. The normalized spacial score (nSPS) is 10.4. The molecule has 0 atom stereocenters. The largest absolute Gasteiger partial charge is 1.00 e. The molecule has 0 aliphatic heterocycles. The Morgan fingerprint density at radius 2 is 0.604 bits per heavy atom. The maximum atomic E-state index is 12.0. The van der Waals surface area contributed by atoms with Gasteiger partial charge < -0.3 is 34.2 Å². The van der Waals surface area contributed by atoms with Crippen molar-refractivity contribution >= 4 is 113 Å². The number of ketones is 6. The van der Waals surface area contributed by atoms with E-state index in [2.05, 4.69) is 146 Å². The number of halogens is 4. The molecule has 13 aromatic heterocycles. The van der Waals surface area contributed by atoms with Crippen LogP contribution in [0.2, 0.25) is 0 Å². The fraction of sp³-hybridized carbons (Fsp3) is 0.0280. The zero-order valence-corrected chi connectivity index (χ0v) is 82.3. The summed E-state index contributed by atoms with van der Waals surface area (Å²) in [6, 6.07) is 99.3. The van der Waals surface area contributed by atoms with E-state index in [1.165, 1.54) is 31.2 Å². The number of Topliss-reactive ketones (excluding diaryl/α,β-unsaturated/α-hetero) is 2. The van der Waals surface area contributed by atoms with Gasteiger partial charge in [0.1, 0.15) is 60.0 Å². The number of benzene rings is 4. The van der Waals surface area contributed by atoms with Gasteiger partial charge in [0.25, 0.3) is 0 Å². The average Bonchev–Trinajstić information content (AvgIpc) is 0.789. The summed E-state index contributed by atoms with van der Waals surface area (Å²) in [4.78, 5) is 133. The Morgan fingerprint density at radius 3 is 0.896 bits per heavy atom. The molecule has 22 nitrogen and oxygen atoms in total. The van der Waals surface area contributed by atoms with Crippen molar-refractivity contribution in [1.82, 2.24) is 59.8 Å². The van der Waals surface area contributed by atoms with Gasteiger partial charge in [0.15, 0.2) is 18.2 Å². The number of nitrogens with zero attached hydrogens (tertiary/aromatic N) is 13. The van der Waals surface area contributed by atoms with Gasteiger partial charge in [-0.1, -0.05) is 164 Å². The molecule has 17 rings (SSSR count). The predicted molar refractivity (Wildman–Crippen MR) is 522 cm³/mol. The molecule has 17 aromatic rings. The van der Waals surface area contributed by atoms with Crippen molar-refractivity contribution in [2.45, 2.75) is 13.5 Å². The van der Waals surface area contributed by atoms with E-state index < -0.39 is 0 Å². The molecule has 0 saturated carbocycles. The molecule has 0 spiro atoms. The second-order valence-corrected chi connectivity index (χ2v) is 30.4. The first-order valence-corrected chi connectivity index (χ1v) is 42.9. The Kier molecular flexibility index (Phi) is 42.9. The third kappa shape index (κ3) is 33.4. The summed E-state index contributed by atoms with van der Waals surface area (Å²) in [5.41, 5.74) is 17.3. The minimum absolute atomic E-state index is 0. The van der Waals surface area contributed by atoms with Crippen LogP contribution in [0.1, 0.15) is 102 Å². The quantitative estimate of drug-likeness (QED) is 0.0103. The van der Waals surface area contributed by atoms with Crippen LogP contribution in [-0.4, -0.2) is 113 Å². The standard InChI is InChI=1S/C36H22Br2N6.2C22H16N2O2.C12H10BrN2O.C8H8O2.C7H7NO.HI.K.H2O/c37-35-11-5-9-29(43-35)33-21-25(19-31(41-33)27-7-1-3-17-39-27)23-13-15-24(16-14-23)26-20-32(28-8-2-4-18-40-28)42-34(22-26)30-10-6-12-36(38)44-30;2*25-21(19-5-1-3-15-23-19)13-11-17-7-9-18(10-8-17)12-14-22(26)20-6-2-4-16-24-20;13-12-6-4-5-10(14-12)11(16)9-15-7-2-1-3-8-15;1-10-8-4-2-7(6-9)3-5-8;1-6(9)7-4-2-3-5-8-7;;;/h1-22H;2*1-16H;1-8H,9H2;2-6H,1H3;2-5H,1H3;1H;;1H2/q;;;+1;;;;+1;/p-2/b;2*13-11+,14-12+;;;;;;. The molecular formula is C107H80Br3IKN13O9. The summed E-state index contributed by atoms with van der Waals surface area (Å²) in [6.07, 6.45) is 29.0. The third-order valence-corrected chi connectivity index (χ3v) is 20.0. The van der Waals surface area contributed by atoms with E-state index in [-0.39, 0.29) is 116 Å². The van der Waals surface area contributed by atoms with Crippen LogP contribution in [0.5, 0.6) is 5.75 Å². The maximum absolute atomic E-state index is 12.0. The number of aromatic nitrogens is 13. The molecule has 13 heterocycles. The fourth-order valence-electron chi connectivity index (χ4n) is 12.0. The van der Waals surface area contributed by atoms with Crippen LogP contribution in [0.3, 0.4) is 0 Å². The van der Waals surface area contributed by atoms with Gasteiger partial charge >= 0.3 is 51.4 Å². The number of pyridine rings is 13. The van der Waals surface area contributed by atoms with Crippen molar-refractivity contribution in [1.29, 1.82) is 0 Å². The maximum Gasteiger partial charge on any atom is 1.00 e. The molecule has 134 heavy (non-hydrogen) atoms. The monoisotopic (exact) mass is 2090 g/mol. The first kappa shape index (κ1) is 104. The number of hydrogen-bond acceptors (Lipinski definition) is 21. The first-order valence-electron chi connectivity index (χ1n) is 40.5. The zero-order chi connectivity index (χ0) is 91.7. The molecule has 1 N–H and O–H groups in total. The van der Waals surface area contributed by atoms with Crippen molar-refractivity contribution in [3.05, 3.63) is 477 Å². The Morgan fingerprint density at radius 1 is 0.306 bits per heavy atom. The summed E-state index contributed by atoms with van der Waals surface area (Å²) in [7, 11) is 1.59. The molecule has 0 fully saturated rings. The van der Waals surface area contributed by atoms with Gasteiger partial charge in [-0.2, -0.15) is 4.57 Å². The van der Waals surface area contributed by atoms with E-state index in [1.807, 2.05) is 156 Å². The van der Waals surface area contributed by atoms with Gasteiger partial charge in [-0.15, -0.1) is 0 Å². The van der Waals surface area contributed by atoms with E-state index in [9.17, 15) is 33.6 Å². The molecule has 0 unspecified atom stereocenters. The number of methoxy groups -OCH3 is 1. The Labute approximate surface area is 859 Å². The summed E-state index contributed by atoms with van der Waals surface area (Å²) < 4.78 is 8.91. The van der Waals surface area contributed by atoms with Crippen LogP contribution in [0, 0.1) is 0 Å². The first-order chi connectivity index (χ1) is 63.9. The SMILES string of the molecule is Brc1cccc(-c2cc(-c3ccc(-c4cc(-c5ccccn5)nc(-c5cccc(Br)n5)c4)cc3)cc(-c3ccccn3)n2)n1.CC(=O)c1ccccn1.COc1ccc(C=O)cc1.O=C(/C=C/c1ccc(/C=C/C(=O)c2ccccn2)cc1)c1ccccn1.O=C(/C=C/c1ccc(/C=C/C(=O)c2ccccn2)cc1)c1ccccn1.O=C(C[n+]1ccccc1)c1cccc(Br)n1.[I-].[K+].[OH-]. The van der Waals surface area contributed by atoms with Crippen molar-refractivity contribution in [2.75, 3.05) is 7.11 Å². The van der Waals surface area contributed by atoms with Crippen molar-refractivity contribution in [3.63, 3.8) is 0 Å². The number of rotatable bonds is 24. The smallest absolute Gasteiger partial charge is 1.00 e. The van der Waals surface area contributed by atoms with Gasteiger partial charge in [0.2, 0.25) is 35.5 Å². The number of carbonyl (C=O) groups is 7. The second kappa shape index (κ2) is 55.4. The number of hydrogen-bond donors (Lipinski definition) is 0. The molecule has 4 aromatic carbocycles. The molecule has 656 valence electrons. The Hall–Kier alpha value is -14.0. The number of aldehydes is 1. The summed E-state index contributed by atoms with van der Waals surface area (Å²) in [5.74, 6) is 0.204. The molecule has 27 heteroatoms. The molecule has 0 bridgehead atoms. The van der Waals surface area contributed by atoms with Crippen molar-refractivity contribution in [3.8, 4) is 73.6 Å². The fourth-order valence-corrected chi connectivity index (χ4v) is 13.0. The van der Waals surface area contributed by atoms with Gasteiger partial charge in [0.05, 0.1) is 52.7 Å².